The summed E-state index contributed by atoms with van der Waals surface area (Å²) >= 11 is 0. The van der Waals surface area contributed by atoms with Crippen molar-refractivity contribution in [3.63, 3.8) is 0 Å². The van der Waals surface area contributed by atoms with Gasteiger partial charge in [-0.3, -0.25) is 9.59 Å². The van der Waals surface area contributed by atoms with E-state index in [1.165, 1.54) is 0 Å². The molecule has 0 atom stereocenters. The topological polar surface area (TPSA) is 114 Å². The van der Waals surface area contributed by atoms with E-state index < -0.39 is 0 Å². The fourth-order valence-corrected chi connectivity index (χ4v) is 2.31. The predicted molar refractivity (Wildman–Crippen MR) is 87.3 cm³/mol. The van der Waals surface area contributed by atoms with Gasteiger partial charge in [0, 0.05) is 11.9 Å². The standard InChI is InChI=1S/C16H17N5O3/c1-2-3-8-17-13(22)9-12-18-16(24-21-12)14-10-6-4-5-7-11(10)15(23)20-19-14/h4-7H,2-3,8-9H2,1H3,(H,17,22)(H,20,23). The molecule has 0 aliphatic rings. The smallest absolute Gasteiger partial charge is 0.279 e. The van der Waals surface area contributed by atoms with E-state index in [0.29, 0.717) is 23.0 Å². The molecule has 0 spiro atoms. The lowest BCUT2D eigenvalue weighted by atomic mass is 10.1. The van der Waals surface area contributed by atoms with Gasteiger partial charge in [0.15, 0.2) is 11.5 Å². The molecule has 0 bridgehead atoms. The van der Waals surface area contributed by atoms with E-state index in [4.69, 9.17) is 4.52 Å². The number of unbranched alkanes of at least 4 members (excludes halogenated alkanes) is 1. The fraction of sp³-hybridized carbons (Fsp3) is 0.312. The lowest BCUT2D eigenvalue weighted by molar-refractivity contribution is -0.120. The van der Waals surface area contributed by atoms with Crippen molar-refractivity contribution in [1.82, 2.24) is 25.7 Å². The van der Waals surface area contributed by atoms with Gasteiger partial charge in [0.25, 0.3) is 11.4 Å². The highest BCUT2D eigenvalue weighted by Crippen LogP contribution is 2.22. The summed E-state index contributed by atoms with van der Waals surface area (Å²) in [6, 6.07) is 7.01. The summed E-state index contributed by atoms with van der Waals surface area (Å²) in [6.45, 7) is 2.69. The first kappa shape index (κ1) is 15.9. The van der Waals surface area contributed by atoms with Crippen molar-refractivity contribution in [2.75, 3.05) is 6.54 Å². The van der Waals surface area contributed by atoms with Crippen molar-refractivity contribution in [2.24, 2.45) is 0 Å². The van der Waals surface area contributed by atoms with E-state index in [1.54, 1.807) is 24.3 Å². The van der Waals surface area contributed by atoms with E-state index in [2.05, 4.69) is 32.6 Å². The van der Waals surface area contributed by atoms with Crippen molar-refractivity contribution in [3.8, 4) is 11.6 Å². The zero-order chi connectivity index (χ0) is 16.9. The number of fused-ring (bicyclic) bond motifs is 1. The van der Waals surface area contributed by atoms with Crippen LogP contribution in [0.25, 0.3) is 22.4 Å². The van der Waals surface area contributed by atoms with Crippen LogP contribution in [0.4, 0.5) is 0 Å². The van der Waals surface area contributed by atoms with Crippen LogP contribution in [0.1, 0.15) is 25.6 Å². The molecule has 24 heavy (non-hydrogen) atoms. The molecule has 3 rings (SSSR count). The summed E-state index contributed by atoms with van der Waals surface area (Å²) in [4.78, 5) is 27.8. The van der Waals surface area contributed by atoms with Gasteiger partial charge in [0.1, 0.15) is 0 Å². The number of rotatable bonds is 6. The molecule has 8 nitrogen and oxygen atoms in total. The van der Waals surface area contributed by atoms with Crippen LogP contribution in [0.5, 0.6) is 0 Å². The summed E-state index contributed by atoms with van der Waals surface area (Å²) in [7, 11) is 0. The summed E-state index contributed by atoms with van der Waals surface area (Å²) in [5.41, 5.74) is 0.0970. The Morgan fingerprint density at radius 1 is 1.29 bits per heavy atom. The number of carbonyl (C=O) groups is 1. The molecule has 2 N–H and O–H groups in total. The van der Waals surface area contributed by atoms with E-state index in [9.17, 15) is 9.59 Å². The molecule has 2 heterocycles. The third kappa shape index (κ3) is 3.32. The summed E-state index contributed by atoms with van der Waals surface area (Å²) in [5.74, 6) is 0.282. The summed E-state index contributed by atoms with van der Waals surface area (Å²) in [5, 5.41) is 14.1. The van der Waals surface area contributed by atoms with Crippen molar-refractivity contribution in [3.05, 3.63) is 40.4 Å². The number of benzene rings is 1. The van der Waals surface area contributed by atoms with Crippen LogP contribution in [0.3, 0.4) is 0 Å². The number of aromatic nitrogens is 4. The highest BCUT2D eigenvalue weighted by Gasteiger charge is 2.16. The molecule has 0 saturated carbocycles. The third-order valence-corrected chi connectivity index (χ3v) is 3.54. The molecular formula is C16H17N5O3. The van der Waals surface area contributed by atoms with Gasteiger partial charge in [-0.1, -0.05) is 36.7 Å². The highest BCUT2D eigenvalue weighted by molar-refractivity contribution is 5.91. The maximum absolute atomic E-state index is 11.8. The minimum Gasteiger partial charge on any atom is -0.356 e. The largest absolute Gasteiger partial charge is 0.356 e. The summed E-state index contributed by atoms with van der Waals surface area (Å²) in [6.07, 6.45) is 1.97. The number of H-pyrrole nitrogens is 1. The molecule has 124 valence electrons. The minimum atomic E-state index is -0.288. The Labute approximate surface area is 137 Å². The first-order chi connectivity index (χ1) is 11.7. The van der Waals surface area contributed by atoms with Gasteiger partial charge in [-0.15, -0.1) is 0 Å². The molecule has 0 saturated heterocycles. The van der Waals surface area contributed by atoms with Crippen LogP contribution in [0.2, 0.25) is 0 Å². The Bertz CT molecular complexity index is 915. The van der Waals surface area contributed by atoms with Crippen molar-refractivity contribution >= 4 is 16.7 Å². The number of aromatic amines is 1. The molecule has 3 aromatic rings. The van der Waals surface area contributed by atoms with Crippen molar-refractivity contribution in [2.45, 2.75) is 26.2 Å². The van der Waals surface area contributed by atoms with Crippen molar-refractivity contribution < 1.29 is 9.32 Å². The lowest BCUT2D eigenvalue weighted by Crippen LogP contribution is -2.26. The van der Waals surface area contributed by atoms with E-state index in [1.807, 2.05) is 0 Å². The zero-order valence-electron chi connectivity index (χ0n) is 13.2. The molecular weight excluding hydrogens is 310 g/mol. The van der Waals surface area contributed by atoms with Gasteiger partial charge in [-0.05, 0) is 12.5 Å². The average molecular weight is 327 g/mol. The molecule has 2 aromatic heterocycles. The number of nitrogens with zero attached hydrogens (tertiary/aromatic N) is 3. The van der Waals surface area contributed by atoms with Crippen molar-refractivity contribution in [1.29, 1.82) is 0 Å². The average Bonchev–Trinajstić information content (AvgIpc) is 3.04. The Morgan fingerprint density at radius 3 is 2.88 bits per heavy atom. The minimum absolute atomic E-state index is 0.0362. The Balaban J connectivity index is 1.83. The van der Waals surface area contributed by atoms with Crippen LogP contribution in [-0.2, 0) is 11.2 Å². The van der Waals surface area contributed by atoms with Gasteiger partial charge in [-0.25, -0.2) is 5.10 Å². The second kappa shape index (κ2) is 7.03. The quantitative estimate of drug-likeness (QED) is 0.662. The Morgan fingerprint density at radius 2 is 2.08 bits per heavy atom. The monoisotopic (exact) mass is 327 g/mol. The SMILES string of the molecule is CCCCNC(=O)Cc1noc(-c2n[nH]c(=O)c3ccccc23)n1. The van der Waals surface area contributed by atoms with E-state index >= 15 is 0 Å². The first-order valence-corrected chi connectivity index (χ1v) is 7.76. The molecule has 1 amide bonds. The Hall–Kier alpha value is -3.03. The van der Waals surface area contributed by atoms with E-state index in [0.717, 1.165) is 12.8 Å². The number of nitrogens with one attached hydrogen (secondary N) is 2. The Kier molecular flexibility index (Phi) is 4.64. The number of carbonyl (C=O) groups excluding carboxylic acids is 1. The molecule has 8 heteroatoms. The number of amides is 1. The molecule has 0 radical (unpaired) electrons. The maximum Gasteiger partial charge on any atom is 0.279 e. The fourth-order valence-electron chi connectivity index (χ4n) is 2.31. The molecule has 0 aliphatic carbocycles. The van der Waals surface area contributed by atoms with Gasteiger partial charge >= 0.3 is 0 Å². The highest BCUT2D eigenvalue weighted by atomic mass is 16.5. The van der Waals surface area contributed by atoms with Crippen LogP contribution in [-0.4, -0.2) is 32.8 Å². The van der Waals surface area contributed by atoms with Gasteiger partial charge in [-0.2, -0.15) is 10.1 Å². The van der Waals surface area contributed by atoms with Crippen LogP contribution >= 0.6 is 0 Å². The lowest BCUT2D eigenvalue weighted by Gasteiger charge is -2.01. The molecule has 0 fully saturated rings. The maximum atomic E-state index is 11.8. The predicted octanol–water partition coefficient (Wildman–Crippen LogP) is 1.43. The van der Waals surface area contributed by atoms with Gasteiger partial charge in [0.05, 0.1) is 11.8 Å². The second-order valence-electron chi connectivity index (χ2n) is 5.34. The van der Waals surface area contributed by atoms with Crippen LogP contribution in [0, 0.1) is 0 Å². The zero-order valence-corrected chi connectivity index (χ0v) is 13.2. The normalized spacial score (nSPS) is 10.9. The van der Waals surface area contributed by atoms with Crippen LogP contribution < -0.4 is 10.9 Å². The molecule has 0 aliphatic heterocycles. The third-order valence-electron chi connectivity index (χ3n) is 3.54. The molecule has 0 unspecified atom stereocenters. The first-order valence-electron chi connectivity index (χ1n) is 7.76. The number of hydrogen-bond acceptors (Lipinski definition) is 6. The van der Waals surface area contributed by atoms with Gasteiger partial charge in [0.2, 0.25) is 5.91 Å². The van der Waals surface area contributed by atoms with Crippen LogP contribution in [0.15, 0.2) is 33.6 Å². The van der Waals surface area contributed by atoms with Gasteiger partial charge < -0.3 is 9.84 Å². The van der Waals surface area contributed by atoms with E-state index in [-0.39, 0.29) is 29.6 Å². The number of hydrogen-bond donors (Lipinski definition) is 2. The molecule has 1 aromatic carbocycles. The summed E-state index contributed by atoms with van der Waals surface area (Å²) < 4.78 is 5.20. The second-order valence-corrected chi connectivity index (χ2v) is 5.34.